The van der Waals surface area contributed by atoms with E-state index in [0.717, 1.165) is 11.3 Å². The highest BCUT2D eigenvalue weighted by Gasteiger charge is 2.27. The van der Waals surface area contributed by atoms with E-state index in [0.29, 0.717) is 36.1 Å². The highest BCUT2D eigenvalue weighted by atomic mass is 35.5. The molecule has 10 nitrogen and oxygen atoms in total. The Labute approximate surface area is 203 Å². The van der Waals surface area contributed by atoms with Crippen molar-refractivity contribution in [3.63, 3.8) is 0 Å². The molecule has 184 valence electrons. The van der Waals surface area contributed by atoms with Crippen molar-refractivity contribution in [1.82, 2.24) is 25.1 Å². The van der Waals surface area contributed by atoms with Crippen LogP contribution in [0.1, 0.15) is 24.2 Å². The molecule has 1 aliphatic rings. The number of hydrogen-bond acceptors (Lipinski definition) is 10. The van der Waals surface area contributed by atoms with Gasteiger partial charge in [0.1, 0.15) is 9.88 Å². The number of halogens is 3. The minimum absolute atomic E-state index is 0.0358. The van der Waals surface area contributed by atoms with Crippen LogP contribution in [0.15, 0.2) is 29.1 Å². The number of anilines is 1. The van der Waals surface area contributed by atoms with Gasteiger partial charge in [0.15, 0.2) is 0 Å². The monoisotopic (exact) mass is 534 g/mol. The Kier molecular flexibility index (Phi) is 7.72. The van der Waals surface area contributed by atoms with E-state index >= 15 is 0 Å². The molecular weight excluding hydrogens is 514 g/mol. The first-order chi connectivity index (χ1) is 16.2. The van der Waals surface area contributed by atoms with E-state index in [2.05, 4.69) is 20.2 Å². The summed E-state index contributed by atoms with van der Waals surface area (Å²) >= 11 is 7.12. The number of aromatic nitrogens is 4. The number of sulfonamides is 1. The molecule has 34 heavy (non-hydrogen) atoms. The van der Waals surface area contributed by atoms with Gasteiger partial charge in [-0.3, -0.25) is 14.2 Å². The summed E-state index contributed by atoms with van der Waals surface area (Å²) < 4.78 is 63.9. The lowest BCUT2D eigenvalue weighted by Crippen LogP contribution is -2.44. The maximum atomic E-state index is 13.4. The van der Waals surface area contributed by atoms with Crippen molar-refractivity contribution in [3.8, 4) is 10.8 Å². The first kappa shape index (κ1) is 24.9. The number of nitrogens with zero attached hydrogens (tertiary/aromatic N) is 6. The summed E-state index contributed by atoms with van der Waals surface area (Å²) in [7, 11) is -3.80. The van der Waals surface area contributed by atoms with Gasteiger partial charge in [-0.15, -0.1) is 21.5 Å². The predicted molar refractivity (Wildman–Crippen MR) is 121 cm³/mol. The molecule has 15 heteroatoms. The lowest BCUT2D eigenvalue weighted by Gasteiger charge is -2.32. The lowest BCUT2D eigenvalue weighted by atomic mass is 10.3. The quantitative estimate of drug-likeness (QED) is 0.408. The van der Waals surface area contributed by atoms with Gasteiger partial charge >= 0.3 is 6.43 Å². The second kappa shape index (κ2) is 10.6. The maximum Gasteiger partial charge on any atom is 0.314 e. The van der Waals surface area contributed by atoms with Crippen molar-refractivity contribution >= 4 is 38.6 Å². The minimum Gasteiger partial charge on any atom is -0.414 e. The second-order valence-corrected chi connectivity index (χ2v) is 11.1. The molecule has 0 spiro atoms. The van der Waals surface area contributed by atoms with E-state index in [-0.39, 0.29) is 35.0 Å². The molecule has 0 bridgehead atoms. The number of alkyl halides is 2. The van der Waals surface area contributed by atoms with E-state index in [4.69, 9.17) is 20.8 Å². The molecule has 0 unspecified atom stereocenters. The molecule has 1 aliphatic heterocycles. The van der Waals surface area contributed by atoms with Crippen LogP contribution in [0.25, 0.3) is 10.8 Å². The third-order valence-electron chi connectivity index (χ3n) is 4.98. The van der Waals surface area contributed by atoms with Gasteiger partial charge in [0, 0.05) is 25.8 Å². The van der Waals surface area contributed by atoms with Crippen LogP contribution in [-0.2, 0) is 21.3 Å². The molecule has 0 aliphatic carbocycles. The fourth-order valence-electron chi connectivity index (χ4n) is 3.36. The average molecular weight is 535 g/mol. The van der Waals surface area contributed by atoms with Crippen LogP contribution in [0.4, 0.5) is 14.5 Å². The Morgan fingerprint density at radius 3 is 2.85 bits per heavy atom. The summed E-state index contributed by atoms with van der Waals surface area (Å²) in [6.45, 7) is 4.02. The molecule has 0 amide bonds. The standard InChI is InChI=1S/C19H21ClF2N6O4S2/c1-12-10-27(2-4-31-12)3-5-34(29,30)28(14-6-13(20)7-23-8-14)11-16-24-9-15(33-16)18-25-26-19(32-18)17(21)22/h6-9,12,17H,2-5,10-11H2,1H3/t12-/m1/s1. The molecule has 0 aromatic carbocycles. The molecule has 0 saturated carbocycles. The van der Waals surface area contributed by atoms with Gasteiger partial charge in [0.05, 0.1) is 48.1 Å². The highest BCUT2D eigenvalue weighted by molar-refractivity contribution is 7.92. The maximum absolute atomic E-state index is 13.4. The Morgan fingerprint density at radius 2 is 2.15 bits per heavy atom. The number of hydrogen-bond donors (Lipinski definition) is 0. The van der Waals surface area contributed by atoms with Crippen LogP contribution < -0.4 is 4.31 Å². The van der Waals surface area contributed by atoms with E-state index in [1.54, 1.807) is 0 Å². The van der Waals surface area contributed by atoms with Crippen molar-refractivity contribution in [2.75, 3.05) is 36.3 Å². The fraction of sp³-hybridized carbons (Fsp3) is 0.474. The zero-order valence-electron chi connectivity index (χ0n) is 18.0. The highest BCUT2D eigenvalue weighted by Crippen LogP contribution is 2.30. The topological polar surface area (TPSA) is 115 Å². The molecular formula is C19H21ClF2N6O4S2. The molecule has 4 heterocycles. The Balaban J connectivity index is 1.55. The predicted octanol–water partition coefficient (Wildman–Crippen LogP) is 3.24. The summed E-state index contributed by atoms with van der Waals surface area (Å²) in [5.41, 5.74) is 0.289. The van der Waals surface area contributed by atoms with Gasteiger partial charge in [0.25, 0.3) is 11.8 Å². The summed E-state index contributed by atoms with van der Waals surface area (Å²) in [6.07, 6.45) is 1.33. The molecule has 1 atom stereocenters. The van der Waals surface area contributed by atoms with Crippen LogP contribution >= 0.6 is 22.9 Å². The van der Waals surface area contributed by atoms with Crippen molar-refractivity contribution in [1.29, 1.82) is 0 Å². The largest absolute Gasteiger partial charge is 0.414 e. The van der Waals surface area contributed by atoms with Gasteiger partial charge in [-0.05, 0) is 13.0 Å². The third kappa shape index (κ3) is 6.05. The van der Waals surface area contributed by atoms with Crippen LogP contribution in [0.2, 0.25) is 5.02 Å². The summed E-state index contributed by atoms with van der Waals surface area (Å²) in [6, 6.07) is 1.50. The first-order valence-electron chi connectivity index (χ1n) is 10.2. The molecule has 0 N–H and O–H groups in total. The number of rotatable bonds is 9. The van der Waals surface area contributed by atoms with E-state index in [9.17, 15) is 17.2 Å². The van der Waals surface area contributed by atoms with Crippen molar-refractivity contribution in [2.24, 2.45) is 0 Å². The minimum atomic E-state index is -3.80. The number of ether oxygens (including phenoxy) is 1. The average Bonchev–Trinajstić information content (AvgIpc) is 3.46. The van der Waals surface area contributed by atoms with E-state index in [1.165, 1.54) is 29.0 Å². The van der Waals surface area contributed by atoms with Crippen LogP contribution in [0.5, 0.6) is 0 Å². The Morgan fingerprint density at radius 1 is 1.32 bits per heavy atom. The Bertz CT molecular complexity index is 1220. The smallest absolute Gasteiger partial charge is 0.314 e. The van der Waals surface area contributed by atoms with E-state index in [1.807, 2.05) is 11.8 Å². The van der Waals surface area contributed by atoms with Gasteiger partial charge in [-0.25, -0.2) is 13.4 Å². The van der Waals surface area contributed by atoms with Crippen LogP contribution in [-0.4, -0.2) is 71.6 Å². The zero-order chi connectivity index (χ0) is 24.3. The van der Waals surface area contributed by atoms with Gasteiger partial charge < -0.3 is 9.15 Å². The van der Waals surface area contributed by atoms with Crippen molar-refractivity contribution in [2.45, 2.75) is 26.0 Å². The fourth-order valence-corrected chi connectivity index (χ4v) is 5.89. The summed E-state index contributed by atoms with van der Waals surface area (Å²) in [4.78, 5) is 10.6. The molecule has 1 saturated heterocycles. The van der Waals surface area contributed by atoms with Crippen molar-refractivity contribution in [3.05, 3.63) is 40.6 Å². The second-order valence-electron chi connectivity index (χ2n) is 7.53. The molecule has 1 fully saturated rings. The van der Waals surface area contributed by atoms with Crippen LogP contribution in [0, 0.1) is 0 Å². The SMILES string of the molecule is C[C@@H]1CN(CCS(=O)(=O)N(Cc2ncc(-c3nnc(C(F)F)o3)s2)c2cncc(Cl)c2)CCO1. The molecule has 4 rings (SSSR count). The summed E-state index contributed by atoms with van der Waals surface area (Å²) in [5, 5.41) is 7.59. The van der Waals surface area contributed by atoms with Crippen LogP contribution in [0.3, 0.4) is 0 Å². The Hall–Kier alpha value is -2.26. The molecule has 3 aromatic rings. The van der Waals surface area contributed by atoms with Gasteiger partial charge in [-0.1, -0.05) is 11.6 Å². The number of morpholine rings is 1. The zero-order valence-corrected chi connectivity index (χ0v) is 20.4. The van der Waals surface area contributed by atoms with E-state index < -0.39 is 22.3 Å². The number of thiazole rings is 1. The lowest BCUT2D eigenvalue weighted by molar-refractivity contribution is -0.0160. The van der Waals surface area contributed by atoms with Crippen molar-refractivity contribution < 1.29 is 26.4 Å². The molecule has 0 radical (unpaired) electrons. The first-order valence-corrected chi connectivity index (χ1v) is 13.0. The van der Waals surface area contributed by atoms with Gasteiger partial charge in [0.2, 0.25) is 10.0 Å². The third-order valence-corrected chi connectivity index (χ3v) is 7.86. The van der Waals surface area contributed by atoms with Gasteiger partial charge in [-0.2, -0.15) is 8.78 Å². The summed E-state index contributed by atoms with van der Waals surface area (Å²) in [5.74, 6) is -1.04. The molecule has 3 aromatic heterocycles. The number of pyridine rings is 1. The normalized spacial score (nSPS) is 17.4.